The van der Waals surface area contributed by atoms with Gasteiger partial charge in [0.25, 0.3) is 0 Å². The number of ketones is 1. The van der Waals surface area contributed by atoms with E-state index >= 15 is 0 Å². The first-order valence-corrected chi connectivity index (χ1v) is 8.96. The lowest BCUT2D eigenvalue weighted by atomic mass is 9.97. The van der Waals surface area contributed by atoms with Crippen molar-refractivity contribution < 1.29 is 4.79 Å². The number of carbonyl (C=O) groups excluding carboxylic acids is 1. The maximum atomic E-state index is 12.1. The van der Waals surface area contributed by atoms with Crippen molar-refractivity contribution in [1.82, 2.24) is 4.90 Å². The Morgan fingerprint density at radius 1 is 0.792 bits per heavy atom. The van der Waals surface area contributed by atoms with E-state index in [0.29, 0.717) is 6.42 Å². The van der Waals surface area contributed by atoms with Gasteiger partial charge in [0, 0.05) is 12.0 Å². The predicted octanol–water partition coefficient (Wildman–Crippen LogP) is 4.78. The van der Waals surface area contributed by atoms with E-state index in [1.54, 1.807) is 0 Å². The molecule has 0 aliphatic rings. The van der Waals surface area contributed by atoms with Crippen LogP contribution in [0.4, 0.5) is 0 Å². The molecular weight excluding hydrogens is 294 g/mol. The summed E-state index contributed by atoms with van der Waals surface area (Å²) < 4.78 is 0. The zero-order chi connectivity index (χ0) is 17.2. The van der Waals surface area contributed by atoms with Crippen LogP contribution in [0.15, 0.2) is 54.6 Å². The Kier molecular flexibility index (Phi) is 7.70. The molecule has 2 aromatic carbocycles. The number of rotatable bonds is 10. The molecule has 0 saturated carbocycles. The number of aryl methyl sites for hydroxylation is 2. The van der Waals surface area contributed by atoms with Crippen molar-refractivity contribution >= 4 is 5.78 Å². The second kappa shape index (κ2) is 10.0. The lowest BCUT2D eigenvalue weighted by Gasteiger charge is -2.12. The van der Waals surface area contributed by atoms with Gasteiger partial charge < -0.3 is 4.90 Å². The third kappa shape index (κ3) is 6.29. The topological polar surface area (TPSA) is 20.3 Å². The summed E-state index contributed by atoms with van der Waals surface area (Å²) in [6.07, 6.45) is 6.07. The standard InChI is InChI=1S/C22H29NO/c1-23(2)18-10-16-20-12-7-6-11-19(20)13-8-9-17-22(24)21-14-4-3-5-15-21/h3-7,11-12,14-15H,8-10,13,16-18H2,1-2H3. The quantitative estimate of drug-likeness (QED) is 0.463. The molecule has 2 heteroatoms. The fourth-order valence-corrected chi connectivity index (χ4v) is 3.00. The molecule has 0 aliphatic heterocycles. The van der Waals surface area contributed by atoms with Crippen LogP contribution in [0.25, 0.3) is 0 Å². The minimum atomic E-state index is 0.259. The number of nitrogens with zero attached hydrogens (tertiary/aromatic N) is 1. The van der Waals surface area contributed by atoms with Crippen LogP contribution in [0.5, 0.6) is 0 Å². The minimum Gasteiger partial charge on any atom is -0.309 e. The van der Waals surface area contributed by atoms with Gasteiger partial charge >= 0.3 is 0 Å². The van der Waals surface area contributed by atoms with E-state index in [-0.39, 0.29) is 5.78 Å². The third-order valence-corrected chi connectivity index (χ3v) is 4.37. The molecule has 128 valence electrons. The highest BCUT2D eigenvalue weighted by Crippen LogP contribution is 2.16. The Balaban J connectivity index is 1.77. The van der Waals surface area contributed by atoms with Crippen molar-refractivity contribution in [2.24, 2.45) is 0 Å². The number of hydrogen-bond donors (Lipinski definition) is 0. The number of hydrogen-bond acceptors (Lipinski definition) is 2. The van der Waals surface area contributed by atoms with Crippen molar-refractivity contribution in [3.63, 3.8) is 0 Å². The smallest absolute Gasteiger partial charge is 0.162 e. The highest BCUT2D eigenvalue weighted by Gasteiger charge is 2.06. The molecule has 0 saturated heterocycles. The summed E-state index contributed by atoms with van der Waals surface area (Å²) in [5.41, 5.74) is 3.75. The van der Waals surface area contributed by atoms with Gasteiger partial charge in [-0.05, 0) is 63.9 Å². The van der Waals surface area contributed by atoms with E-state index in [0.717, 1.165) is 37.8 Å². The highest BCUT2D eigenvalue weighted by atomic mass is 16.1. The molecule has 0 unspecified atom stereocenters. The fourth-order valence-electron chi connectivity index (χ4n) is 3.00. The summed E-state index contributed by atoms with van der Waals surface area (Å²) in [5, 5.41) is 0. The zero-order valence-corrected chi connectivity index (χ0v) is 15.0. The van der Waals surface area contributed by atoms with Gasteiger partial charge in [0.15, 0.2) is 5.78 Å². The molecule has 2 nitrogen and oxygen atoms in total. The number of benzene rings is 2. The molecular formula is C22H29NO. The third-order valence-electron chi connectivity index (χ3n) is 4.37. The largest absolute Gasteiger partial charge is 0.309 e. The van der Waals surface area contributed by atoms with E-state index in [9.17, 15) is 4.79 Å². The molecule has 0 spiro atoms. The van der Waals surface area contributed by atoms with Crippen molar-refractivity contribution in [2.45, 2.75) is 38.5 Å². The molecule has 0 bridgehead atoms. The Hall–Kier alpha value is -1.93. The lowest BCUT2D eigenvalue weighted by Crippen LogP contribution is -2.13. The lowest BCUT2D eigenvalue weighted by molar-refractivity contribution is 0.0979. The number of unbranched alkanes of at least 4 members (excludes halogenated alkanes) is 1. The van der Waals surface area contributed by atoms with Crippen molar-refractivity contribution in [1.29, 1.82) is 0 Å². The summed E-state index contributed by atoms with van der Waals surface area (Å²) in [7, 11) is 4.24. The maximum absolute atomic E-state index is 12.1. The molecule has 0 aliphatic carbocycles. The van der Waals surface area contributed by atoms with E-state index in [1.165, 1.54) is 17.5 Å². The average Bonchev–Trinajstić information content (AvgIpc) is 2.60. The van der Waals surface area contributed by atoms with Gasteiger partial charge in [-0.15, -0.1) is 0 Å². The highest BCUT2D eigenvalue weighted by molar-refractivity contribution is 5.95. The van der Waals surface area contributed by atoms with Gasteiger partial charge in [0.2, 0.25) is 0 Å². The van der Waals surface area contributed by atoms with Gasteiger partial charge in [-0.1, -0.05) is 54.6 Å². The summed E-state index contributed by atoms with van der Waals surface area (Å²) in [6.45, 7) is 1.12. The van der Waals surface area contributed by atoms with Crippen LogP contribution >= 0.6 is 0 Å². The second-order valence-corrected chi connectivity index (χ2v) is 6.67. The van der Waals surface area contributed by atoms with Gasteiger partial charge in [0.1, 0.15) is 0 Å². The van der Waals surface area contributed by atoms with Crippen molar-refractivity contribution in [3.05, 3.63) is 71.3 Å². The summed E-state index contributed by atoms with van der Waals surface area (Å²) in [4.78, 5) is 14.4. The first-order valence-electron chi connectivity index (χ1n) is 8.96. The molecule has 0 heterocycles. The van der Waals surface area contributed by atoms with E-state index in [2.05, 4.69) is 43.3 Å². The van der Waals surface area contributed by atoms with E-state index in [1.807, 2.05) is 30.3 Å². The number of carbonyl (C=O) groups is 1. The molecule has 0 fully saturated rings. The fraction of sp³-hybridized carbons (Fsp3) is 0.409. The van der Waals surface area contributed by atoms with Gasteiger partial charge in [-0.2, -0.15) is 0 Å². The van der Waals surface area contributed by atoms with Gasteiger partial charge in [0.05, 0.1) is 0 Å². The van der Waals surface area contributed by atoms with Crippen LogP contribution in [0, 0.1) is 0 Å². The SMILES string of the molecule is CN(C)CCCc1ccccc1CCCCC(=O)c1ccccc1. The molecule has 2 rings (SSSR count). The maximum Gasteiger partial charge on any atom is 0.162 e. The van der Waals surface area contributed by atoms with Crippen molar-refractivity contribution in [2.75, 3.05) is 20.6 Å². The molecule has 24 heavy (non-hydrogen) atoms. The molecule has 0 atom stereocenters. The summed E-state index contributed by atoms with van der Waals surface area (Å²) >= 11 is 0. The average molecular weight is 323 g/mol. The Bertz CT molecular complexity index is 619. The van der Waals surface area contributed by atoms with Crippen LogP contribution in [0.3, 0.4) is 0 Å². The summed E-state index contributed by atoms with van der Waals surface area (Å²) in [6, 6.07) is 18.4. The van der Waals surface area contributed by atoms with Crippen LogP contribution in [0.1, 0.15) is 47.2 Å². The van der Waals surface area contributed by atoms with Crippen LogP contribution < -0.4 is 0 Å². The Morgan fingerprint density at radius 2 is 1.38 bits per heavy atom. The van der Waals surface area contributed by atoms with Crippen LogP contribution in [0.2, 0.25) is 0 Å². The molecule has 2 aromatic rings. The van der Waals surface area contributed by atoms with E-state index < -0.39 is 0 Å². The predicted molar refractivity (Wildman–Crippen MR) is 102 cm³/mol. The second-order valence-electron chi connectivity index (χ2n) is 6.67. The minimum absolute atomic E-state index is 0.259. The first-order chi connectivity index (χ1) is 11.7. The molecule has 0 radical (unpaired) electrons. The molecule has 0 amide bonds. The van der Waals surface area contributed by atoms with Crippen LogP contribution in [-0.4, -0.2) is 31.3 Å². The van der Waals surface area contributed by atoms with Gasteiger partial charge in [-0.25, -0.2) is 0 Å². The first kappa shape index (κ1) is 18.4. The van der Waals surface area contributed by atoms with Gasteiger partial charge in [-0.3, -0.25) is 4.79 Å². The van der Waals surface area contributed by atoms with Crippen molar-refractivity contribution in [3.8, 4) is 0 Å². The monoisotopic (exact) mass is 323 g/mol. The van der Waals surface area contributed by atoms with Crippen LogP contribution in [-0.2, 0) is 12.8 Å². The normalized spacial score (nSPS) is 11.0. The molecule has 0 N–H and O–H groups in total. The Labute approximate surface area is 146 Å². The number of Topliss-reactive ketones (excluding diaryl/α,β-unsaturated/α-hetero) is 1. The molecule has 0 aromatic heterocycles. The Morgan fingerprint density at radius 3 is 2.00 bits per heavy atom. The van der Waals surface area contributed by atoms with E-state index in [4.69, 9.17) is 0 Å². The summed E-state index contributed by atoms with van der Waals surface area (Å²) in [5.74, 6) is 0.259. The zero-order valence-electron chi connectivity index (χ0n) is 15.0.